The normalized spacial score (nSPS) is 12.8. The summed E-state index contributed by atoms with van der Waals surface area (Å²) in [5.74, 6) is 0. The molecule has 0 aliphatic carbocycles. The number of rotatable bonds is 6. The van der Waals surface area contributed by atoms with Crippen LogP contribution in [0.2, 0.25) is 0 Å². The summed E-state index contributed by atoms with van der Waals surface area (Å²) < 4.78 is 4.12. The fraction of sp³-hybridized carbons (Fsp3) is 0.462. The lowest BCUT2D eigenvalue weighted by Gasteiger charge is -2.15. The van der Waals surface area contributed by atoms with Crippen molar-refractivity contribution in [3.8, 4) is 0 Å². The monoisotopic (exact) mass is 405 g/mol. The molecule has 104 valence electrons. The first-order valence-corrected chi connectivity index (χ1v) is 8.67. The highest BCUT2D eigenvalue weighted by molar-refractivity contribution is 9.13. The fourth-order valence-electron chi connectivity index (χ4n) is 1.91. The Hall–Kier alpha value is -0.170. The van der Waals surface area contributed by atoms with Gasteiger partial charge < -0.3 is 5.32 Å². The lowest BCUT2D eigenvalue weighted by Crippen LogP contribution is -2.23. The van der Waals surface area contributed by atoms with Gasteiger partial charge in [0.25, 0.3) is 0 Å². The van der Waals surface area contributed by atoms with E-state index in [1.54, 1.807) is 11.3 Å². The average molecular weight is 407 g/mol. The van der Waals surface area contributed by atoms with Crippen LogP contribution in [0.5, 0.6) is 0 Å². The molecule has 2 aromatic heterocycles. The molecule has 0 fully saturated rings. The van der Waals surface area contributed by atoms with Crippen molar-refractivity contribution in [2.24, 2.45) is 7.05 Å². The number of hydrogen-bond donors (Lipinski definition) is 1. The van der Waals surface area contributed by atoms with Crippen LogP contribution in [0.1, 0.15) is 30.0 Å². The van der Waals surface area contributed by atoms with Gasteiger partial charge in [-0.25, -0.2) is 0 Å². The van der Waals surface area contributed by atoms with E-state index in [-0.39, 0.29) is 0 Å². The minimum atomic E-state index is 0.322. The molecule has 0 saturated heterocycles. The van der Waals surface area contributed by atoms with E-state index < -0.39 is 0 Å². The highest BCUT2D eigenvalue weighted by atomic mass is 79.9. The van der Waals surface area contributed by atoms with Crippen LogP contribution in [0.3, 0.4) is 0 Å². The summed E-state index contributed by atoms with van der Waals surface area (Å²) >= 11 is 8.90. The first kappa shape index (κ1) is 15.2. The zero-order valence-electron chi connectivity index (χ0n) is 11.0. The van der Waals surface area contributed by atoms with Crippen LogP contribution in [0.25, 0.3) is 0 Å². The van der Waals surface area contributed by atoms with E-state index in [2.05, 4.69) is 61.3 Å². The molecular formula is C13H17Br2N3S. The van der Waals surface area contributed by atoms with Gasteiger partial charge in [0.15, 0.2) is 0 Å². The summed E-state index contributed by atoms with van der Waals surface area (Å²) in [6.45, 7) is 3.20. The molecule has 2 aromatic rings. The number of halogens is 2. The van der Waals surface area contributed by atoms with Crippen molar-refractivity contribution in [3.63, 3.8) is 0 Å². The molecule has 0 aliphatic heterocycles. The molecule has 0 spiro atoms. The van der Waals surface area contributed by atoms with Crippen LogP contribution in [0.4, 0.5) is 0 Å². The van der Waals surface area contributed by atoms with Crippen molar-refractivity contribution in [2.75, 3.05) is 6.54 Å². The molecule has 0 saturated carbocycles. The van der Waals surface area contributed by atoms with Crippen LogP contribution in [0, 0.1) is 0 Å². The van der Waals surface area contributed by atoms with Crippen LogP contribution in [-0.2, 0) is 13.5 Å². The molecule has 19 heavy (non-hydrogen) atoms. The van der Waals surface area contributed by atoms with E-state index in [1.807, 2.05) is 17.9 Å². The second-order valence-electron chi connectivity index (χ2n) is 4.46. The van der Waals surface area contributed by atoms with Gasteiger partial charge in [0.2, 0.25) is 0 Å². The maximum absolute atomic E-state index is 4.47. The van der Waals surface area contributed by atoms with Gasteiger partial charge in [0.05, 0.1) is 9.48 Å². The van der Waals surface area contributed by atoms with Crippen molar-refractivity contribution in [1.29, 1.82) is 0 Å². The van der Waals surface area contributed by atoms with E-state index in [0.29, 0.717) is 6.04 Å². The molecule has 1 N–H and O–H groups in total. The first-order valence-electron chi connectivity index (χ1n) is 6.26. The third-order valence-electron chi connectivity index (χ3n) is 2.83. The van der Waals surface area contributed by atoms with E-state index >= 15 is 0 Å². The Labute approximate surface area is 134 Å². The number of thiophene rings is 1. The topological polar surface area (TPSA) is 29.9 Å². The molecule has 1 unspecified atom stereocenters. The summed E-state index contributed by atoms with van der Waals surface area (Å²) in [4.78, 5) is 1.33. The van der Waals surface area contributed by atoms with Gasteiger partial charge in [-0.1, -0.05) is 6.92 Å². The van der Waals surface area contributed by atoms with Gasteiger partial charge in [-0.2, -0.15) is 5.10 Å². The van der Waals surface area contributed by atoms with Crippen molar-refractivity contribution < 1.29 is 0 Å². The standard InChI is InChI=1S/C13H17Br2N3S/c1-3-5-16-11(7-9-4-6-18(2)17-9)12-8-10(14)13(15)19-12/h4,6,8,11,16H,3,5,7H2,1-2H3. The van der Waals surface area contributed by atoms with E-state index in [4.69, 9.17) is 0 Å². The molecule has 0 aliphatic rings. The van der Waals surface area contributed by atoms with Crippen LogP contribution < -0.4 is 5.32 Å². The lowest BCUT2D eigenvalue weighted by atomic mass is 10.1. The predicted molar refractivity (Wildman–Crippen MR) is 87.7 cm³/mol. The summed E-state index contributed by atoms with van der Waals surface area (Å²) in [5, 5.41) is 8.07. The fourth-order valence-corrected chi connectivity index (χ4v) is 4.07. The smallest absolute Gasteiger partial charge is 0.0843 e. The number of nitrogens with one attached hydrogen (secondary N) is 1. The van der Waals surface area contributed by atoms with Crippen molar-refractivity contribution in [3.05, 3.63) is 37.2 Å². The van der Waals surface area contributed by atoms with E-state index in [9.17, 15) is 0 Å². The summed E-state index contributed by atoms with van der Waals surface area (Å²) in [5.41, 5.74) is 1.12. The Morgan fingerprint density at radius 2 is 2.26 bits per heavy atom. The van der Waals surface area contributed by atoms with Crippen LogP contribution >= 0.6 is 43.2 Å². The van der Waals surface area contributed by atoms with Crippen molar-refractivity contribution >= 4 is 43.2 Å². The van der Waals surface area contributed by atoms with Gasteiger partial charge in [0, 0.05) is 35.1 Å². The Balaban J connectivity index is 2.15. The van der Waals surface area contributed by atoms with E-state index in [1.165, 1.54) is 4.88 Å². The first-order chi connectivity index (χ1) is 9.10. The number of hydrogen-bond acceptors (Lipinski definition) is 3. The average Bonchev–Trinajstić information content (AvgIpc) is 2.92. The van der Waals surface area contributed by atoms with Gasteiger partial charge in [-0.05, 0) is 57.0 Å². The molecule has 0 amide bonds. The molecule has 3 nitrogen and oxygen atoms in total. The third-order valence-corrected chi connectivity index (χ3v) is 6.20. The Kier molecular flexibility index (Phi) is 5.62. The zero-order valence-corrected chi connectivity index (χ0v) is 15.0. The second kappa shape index (κ2) is 7.02. The van der Waals surface area contributed by atoms with Crippen LogP contribution in [0.15, 0.2) is 26.6 Å². The van der Waals surface area contributed by atoms with Gasteiger partial charge in [-0.15, -0.1) is 11.3 Å². The summed E-state index contributed by atoms with van der Waals surface area (Å²) in [6, 6.07) is 4.59. The molecule has 0 radical (unpaired) electrons. The molecule has 0 aromatic carbocycles. The Bertz CT molecular complexity index is 516. The molecule has 2 heterocycles. The minimum Gasteiger partial charge on any atom is -0.309 e. The van der Waals surface area contributed by atoms with E-state index in [0.717, 1.165) is 33.3 Å². The highest BCUT2D eigenvalue weighted by Gasteiger charge is 2.17. The molecule has 0 bridgehead atoms. The third kappa shape index (κ3) is 4.15. The highest BCUT2D eigenvalue weighted by Crippen LogP contribution is 2.36. The van der Waals surface area contributed by atoms with Crippen molar-refractivity contribution in [2.45, 2.75) is 25.8 Å². The van der Waals surface area contributed by atoms with Gasteiger partial charge in [0.1, 0.15) is 0 Å². The number of nitrogens with zero attached hydrogens (tertiary/aromatic N) is 2. The molecule has 6 heteroatoms. The largest absolute Gasteiger partial charge is 0.309 e. The van der Waals surface area contributed by atoms with Gasteiger partial charge in [-0.3, -0.25) is 4.68 Å². The maximum Gasteiger partial charge on any atom is 0.0843 e. The summed E-state index contributed by atoms with van der Waals surface area (Å²) in [6.07, 6.45) is 4.04. The predicted octanol–water partition coefficient (Wildman–Crippen LogP) is 4.29. The van der Waals surface area contributed by atoms with Gasteiger partial charge >= 0.3 is 0 Å². The minimum absolute atomic E-state index is 0.322. The molecule has 2 rings (SSSR count). The number of aromatic nitrogens is 2. The summed E-state index contributed by atoms with van der Waals surface area (Å²) in [7, 11) is 1.95. The maximum atomic E-state index is 4.47. The van der Waals surface area contributed by atoms with Crippen molar-refractivity contribution in [1.82, 2.24) is 15.1 Å². The number of aryl methyl sites for hydroxylation is 1. The Morgan fingerprint density at radius 1 is 1.47 bits per heavy atom. The molecule has 1 atom stereocenters. The molecular weight excluding hydrogens is 390 g/mol. The quantitative estimate of drug-likeness (QED) is 0.775. The second-order valence-corrected chi connectivity index (χ2v) is 7.72. The Morgan fingerprint density at radius 3 is 2.79 bits per heavy atom. The lowest BCUT2D eigenvalue weighted by molar-refractivity contribution is 0.528. The zero-order chi connectivity index (χ0) is 13.8. The van der Waals surface area contributed by atoms with Crippen LogP contribution in [-0.4, -0.2) is 16.3 Å². The SMILES string of the molecule is CCCNC(Cc1ccn(C)n1)c1cc(Br)c(Br)s1.